The van der Waals surface area contributed by atoms with E-state index in [0.29, 0.717) is 63.8 Å². The molecule has 270 valence electrons. The number of hydrogen-bond donors (Lipinski definition) is 1. The second kappa shape index (κ2) is 13.1. The predicted molar refractivity (Wildman–Crippen MR) is 204 cm³/mol. The molecule has 1 unspecified atom stereocenters. The van der Waals surface area contributed by atoms with Crippen molar-refractivity contribution in [1.29, 1.82) is 0 Å². The molecular formula is C42H35N5O7. The van der Waals surface area contributed by atoms with E-state index >= 15 is 0 Å². The highest BCUT2D eigenvalue weighted by Gasteiger charge is 2.38. The van der Waals surface area contributed by atoms with Crippen LogP contribution < -0.4 is 29.3 Å². The van der Waals surface area contributed by atoms with Crippen LogP contribution in [-0.2, 0) is 26.1 Å². The Labute approximate surface area is 310 Å². The lowest BCUT2D eigenvalue weighted by Gasteiger charge is -2.22. The van der Waals surface area contributed by atoms with Gasteiger partial charge in [0.1, 0.15) is 19.0 Å². The molecule has 0 saturated heterocycles. The largest absolute Gasteiger partial charge is 0.493 e. The molecular weight excluding hydrogens is 686 g/mol. The van der Waals surface area contributed by atoms with Crippen LogP contribution in [0.3, 0.4) is 0 Å². The van der Waals surface area contributed by atoms with Crippen molar-refractivity contribution in [2.24, 2.45) is 4.99 Å². The molecule has 4 aliphatic heterocycles. The lowest BCUT2D eigenvalue weighted by molar-refractivity contribution is -0.385. The van der Waals surface area contributed by atoms with E-state index in [1.54, 1.807) is 29.3 Å². The molecule has 9 rings (SSSR count). The molecule has 4 aliphatic rings. The van der Waals surface area contributed by atoms with Crippen LogP contribution in [0.5, 0.6) is 17.2 Å². The molecule has 0 saturated carbocycles. The number of nitrogens with zero attached hydrogens (tertiary/aromatic N) is 4. The minimum atomic E-state index is -0.450. The van der Waals surface area contributed by atoms with Gasteiger partial charge >= 0.3 is 0 Å². The second-order valence-electron chi connectivity index (χ2n) is 13.9. The van der Waals surface area contributed by atoms with Crippen molar-refractivity contribution >= 4 is 46.5 Å². The number of rotatable bonds is 8. The van der Waals surface area contributed by atoms with Gasteiger partial charge in [0.2, 0.25) is 0 Å². The minimum Gasteiger partial charge on any atom is -0.493 e. The predicted octanol–water partition coefficient (Wildman–Crippen LogP) is 7.35. The first-order valence-corrected chi connectivity index (χ1v) is 17.8. The molecule has 5 aromatic carbocycles. The molecule has 0 spiro atoms. The van der Waals surface area contributed by atoms with Crippen LogP contribution in [0, 0.1) is 17.0 Å². The standard InChI is InChI=1S/C42H35N5O7/c1-24-11-32-34(43-20-30-15-27-7-3-5-9-36(27)45(30)41(32)48)18-38(24)53-22-25-12-26(14-29(13-25)47(50)51)23-54-40-19-35-33(17-39(40)52-2)42(49)46-31(21-44-35)16-28-8-4-6-10-37(28)46/h3-14,17-19,21,30-31,43H,15-16,20,22-23H2,1-2H3/t30?,31-/m0/s1. The number of carbonyl (C=O) groups is 2. The average Bonchev–Trinajstić information content (AvgIpc) is 3.67. The van der Waals surface area contributed by atoms with E-state index in [-0.39, 0.29) is 42.8 Å². The zero-order chi connectivity index (χ0) is 37.1. The number of methoxy groups -OCH3 is 1. The van der Waals surface area contributed by atoms with Crippen LogP contribution in [0.15, 0.2) is 96.0 Å². The number of para-hydroxylation sites is 2. The first kappa shape index (κ1) is 33.2. The fourth-order valence-electron chi connectivity index (χ4n) is 7.95. The molecule has 0 fully saturated rings. The topological polar surface area (TPSA) is 136 Å². The van der Waals surface area contributed by atoms with Crippen molar-refractivity contribution in [1.82, 2.24) is 0 Å². The van der Waals surface area contributed by atoms with Gasteiger partial charge in [0, 0.05) is 54.8 Å². The Morgan fingerprint density at radius 2 is 1.46 bits per heavy atom. The number of amides is 2. The van der Waals surface area contributed by atoms with Crippen molar-refractivity contribution in [2.75, 3.05) is 28.8 Å². The van der Waals surface area contributed by atoms with Crippen LogP contribution in [0.2, 0.25) is 0 Å². The van der Waals surface area contributed by atoms with E-state index in [2.05, 4.69) is 16.4 Å². The molecule has 12 nitrogen and oxygen atoms in total. The quantitative estimate of drug-likeness (QED) is 0.130. The van der Waals surface area contributed by atoms with Gasteiger partial charge in [-0.05, 0) is 71.5 Å². The highest BCUT2D eigenvalue weighted by Crippen LogP contribution is 2.42. The van der Waals surface area contributed by atoms with Crippen molar-refractivity contribution < 1.29 is 28.7 Å². The number of fused-ring (bicyclic) bond motifs is 8. The number of non-ortho nitro benzene ring substituents is 1. The molecule has 5 aromatic rings. The highest BCUT2D eigenvalue weighted by atomic mass is 16.6. The van der Waals surface area contributed by atoms with Crippen LogP contribution in [0.4, 0.5) is 28.4 Å². The third kappa shape index (κ3) is 5.67. The van der Waals surface area contributed by atoms with Gasteiger partial charge in [-0.25, -0.2) is 0 Å². The van der Waals surface area contributed by atoms with E-state index in [1.165, 1.54) is 19.2 Å². The summed E-state index contributed by atoms with van der Waals surface area (Å²) in [5, 5.41) is 15.4. The molecule has 4 heterocycles. The van der Waals surface area contributed by atoms with Crippen LogP contribution in [0.1, 0.15) is 48.5 Å². The smallest absolute Gasteiger partial charge is 0.270 e. The molecule has 2 atom stereocenters. The molecule has 0 radical (unpaired) electrons. The van der Waals surface area contributed by atoms with Gasteiger partial charge in [-0.15, -0.1) is 0 Å². The van der Waals surface area contributed by atoms with Gasteiger partial charge in [0.05, 0.1) is 46.6 Å². The van der Waals surface area contributed by atoms with Gasteiger partial charge in [0.15, 0.2) is 11.5 Å². The van der Waals surface area contributed by atoms with Gasteiger partial charge in [0.25, 0.3) is 17.5 Å². The summed E-state index contributed by atoms with van der Waals surface area (Å²) in [6.45, 7) is 2.50. The summed E-state index contributed by atoms with van der Waals surface area (Å²) in [5.74, 6) is 1.02. The molecule has 0 aromatic heterocycles. The number of ether oxygens (including phenoxy) is 3. The van der Waals surface area contributed by atoms with Gasteiger partial charge in [-0.3, -0.25) is 29.6 Å². The highest BCUT2D eigenvalue weighted by molar-refractivity contribution is 6.15. The van der Waals surface area contributed by atoms with E-state index in [9.17, 15) is 19.7 Å². The Balaban J connectivity index is 0.936. The van der Waals surface area contributed by atoms with E-state index in [0.717, 1.165) is 34.5 Å². The number of nitrogens with one attached hydrogen (secondary N) is 1. The fourth-order valence-corrected chi connectivity index (χ4v) is 7.95. The first-order valence-electron chi connectivity index (χ1n) is 17.8. The monoisotopic (exact) mass is 721 g/mol. The maximum absolute atomic E-state index is 13.8. The zero-order valence-electron chi connectivity index (χ0n) is 29.6. The van der Waals surface area contributed by atoms with Crippen molar-refractivity contribution in [3.63, 3.8) is 0 Å². The lowest BCUT2D eigenvalue weighted by atomic mass is 10.1. The molecule has 2 amide bonds. The summed E-state index contributed by atoms with van der Waals surface area (Å²) in [7, 11) is 1.49. The summed E-state index contributed by atoms with van der Waals surface area (Å²) >= 11 is 0. The SMILES string of the molecule is COc1cc2c(cc1OCc1cc(COc3cc4c(cc3C)C(=O)N3c5ccccc5CC3CN4)cc([N+](=O)[O-])c1)N=C[C@@H]1Cc3ccccc3N1C2=O. The van der Waals surface area contributed by atoms with Gasteiger partial charge in [-0.1, -0.05) is 36.4 Å². The molecule has 54 heavy (non-hydrogen) atoms. The Morgan fingerprint density at radius 3 is 2.19 bits per heavy atom. The third-order valence-corrected chi connectivity index (χ3v) is 10.5. The van der Waals surface area contributed by atoms with Crippen molar-refractivity contribution in [3.05, 3.63) is 140 Å². The molecule has 0 aliphatic carbocycles. The molecule has 12 heteroatoms. The summed E-state index contributed by atoms with van der Waals surface area (Å²) < 4.78 is 18.1. The normalized spacial score (nSPS) is 17.6. The summed E-state index contributed by atoms with van der Waals surface area (Å²) in [5.41, 5.74) is 7.95. The Morgan fingerprint density at radius 1 is 0.796 bits per heavy atom. The number of hydrogen-bond acceptors (Lipinski definition) is 9. The van der Waals surface area contributed by atoms with Gasteiger partial charge < -0.3 is 24.4 Å². The van der Waals surface area contributed by atoms with E-state index in [4.69, 9.17) is 14.2 Å². The number of aryl methyl sites for hydroxylation is 1. The van der Waals surface area contributed by atoms with E-state index in [1.807, 2.05) is 66.4 Å². The lowest BCUT2D eigenvalue weighted by Crippen LogP contribution is -2.39. The number of carbonyl (C=O) groups excluding carboxylic acids is 2. The number of nitro benzene ring substituents is 1. The van der Waals surface area contributed by atoms with Gasteiger partial charge in [-0.2, -0.15) is 0 Å². The van der Waals surface area contributed by atoms with Crippen molar-refractivity contribution in [2.45, 2.75) is 45.1 Å². The average molecular weight is 722 g/mol. The maximum atomic E-state index is 13.8. The van der Waals surface area contributed by atoms with Crippen LogP contribution in [0.25, 0.3) is 0 Å². The molecule has 0 bridgehead atoms. The number of anilines is 3. The third-order valence-electron chi connectivity index (χ3n) is 10.5. The summed E-state index contributed by atoms with van der Waals surface area (Å²) in [4.78, 5) is 47.4. The Bertz CT molecular complexity index is 2430. The summed E-state index contributed by atoms with van der Waals surface area (Å²) in [6.07, 6.45) is 3.25. The molecule has 1 N–H and O–H groups in total. The van der Waals surface area contributed by atoms with Crippen LogP contribution >= 0.6 is 0 Å². The summed E-state index contributed by atoms with van der Waals surface area (Å²) in [6, 6.07) is 27.4. The fraction of sp³-hybridized carbons (Fsp3) is 0.214. The van der Waals surface area contributed by atoms with Crippen molar-refractivity contribution in [3.8, 4) is 17.2 Å². The maximum Gasteiger partial charge on any atom is 0.270 e. The Kier molecular flexibility index (Phi) is 8.02. The first-order chi connectivity index (χ1) is 26.2. The number of benzene rings is 5. The van der Waals surface area contributed by atoms with Crippen LogP contribution in [-0.4, -0.2) is 48.7 Å². The van der Waals surface area contributed by atoms with E-state index < -0.39 is 4.92 Å². The Hall–Kier alpha value is -6.69. The number of nitro groups is 1. The second-order valence-corrected chi connectivity index (χ2v) is 13.9. The minimum absolute atomic E-state index is 0.00865. The zero-order valence-corrected chi connectivity index (χ0v) is 29.6. The number of aliphatic imine (C=N–C) groups is 1.